The second-order valence-corrected chi connectivity index (χ2v) is 5.99. The van der Waals surface area contributed by atoms with Crippen molar-refractivity contribution >= 4 is 0 Å². The van der Waals surface area contributed by atoms with E-state index in [4.69, 9.17) is 15.2 Å². The van der Waals surface area contributed by atoms with E-state index in [1.807, 2.05) is 0 Å². The molecule has 0 aromatic heterocycles. The number of morpholine rings is 1. The van der Waals surface area contributed by atoms with Gasteiger partial charge in [0.1, 0.15) is 0 Å². The van der Waals surface area contributed by atoms with Crippen LogP contribution in [0.5, 0.6) is 0 Å². The van der Waals surface area contributed by atoms with E-state index in [0.717, 1.165) is 32.2 Å². The van der Waals surface area contributed by atoms with Gasteiger partial charge in [-0.3, -0.25) is 4.90 Å². The molecular formula is C13H26N2O2. The highest BCUT2D eigenvalue weighted by Crippen LogP contribution is 2.23. The number of nitrogens with two attached hydrogens (primary N) is 1. The van der Waals surface area contributed by atoms with Gasteiger partial charge >= 0.3 is 0 Å². The van der Waals surface area contributed by atoms with E-state index < -0.39 is 0 Å². The molecule has 2 heterocycles. The summed E-state index contributed by atoms with van der Waals surface area (Å²) in [5.74, 6) is 0.788. The first-order valence-electron chi connectivity index (χ1n) is 6.77. The fourth-order valence-corrected chi connectivity index (χ4v) is 2.97. The number of hydrogen-bond acceptors (Lipinski definition) is 4. The molecule has 17 heavy (non-hydrogen) atoms. The second-order valence-electron chi connectivity index (χ2n) is 5.99. The molecule has 0 amide bonds. The summed E-state index contributed by atoms with van der Waals surface area (Å²) in [6.45, 7) is 9.97. The van der Waals surface area contributed by atoms with Crippen LogP contribution >= 0.6 is 0 Å². The molecule has 2 rings (SSSR count). The molecule has 0 saturated carbocycles. The molecule has 4 nitrogen and oxygen atoms in total. The average Bonchev–Trinajstić information content (AvgIpc) is 2.28. The van der Waals surface area contributed by atoms with E-state index in [1.54, 1.807) is 0 Å². The van der Waals surface area contributed by atoms with Crippen LogP contribution in [-0.4, -0.2) is 56.0 Å². The van der Waals surface area contributed by atoms with Crippen molar-refractivity contribution in [1.82, 2.24) is 4.90 Å². The Morgan fingerprint density at radius 2 is 2.00 bits per heavy atom. The standard InChI is InChI=1S/C13H26N2O2/c1-13(2)10-15(9-12(7-14)17-13)8-11-3-5-16-6-4-11/h11-12H,3-10,14H2,1-2H3. The summed E-state index contributed by atoms with van der Waals surface area (Å²) in [5, 5.41) is 0. The lowest BCUT2D eigenvalue weighted by Gasteiger charge is -2.44. The van der Waals surface area contributed by atoms with Gasteiger partial charge in [0.15, 0.2) is 0 Å². The molecule has 0 bridgehead atoms. The van der Waals surface area contributed by atoms with Crippen LogP contribution in [0.25, 0.3) is 0 Å². The van der Waals surface area contributed by atoms with Gasteiger partial charge in [-0.15, -0.1) is 0 Å². The Kier molecular flexibility index (Phi) is 4.42. The van der Waals surface area contributed by atoms with Gasteiger partial charge < -0.3 is 15.2 Å². The van der Waals surface area contributed by atoms with Gasteiger partial charge in [-0.05, 0) is 32.6 Å². The zero-order chi connectivity index (χ0) is 12.3. The van der Waals surface area contributed by atoms with Gasteiger partial charge in [0.25, 0.3) is 0 Å². The maximum Gasteiger partial charge on any atom is 0.0831 e. The van der Waals surface area contributed by atoms with E-state index in [9.17, 15) is 0 Å². The lowest BCUT2D eigenvalue weighted by molar-refractivity contribution is -0.135. The molecule has 2 aliphatic rings. The van der Waals surface area contributed by atoms with Crippen molar-refractivity contribution in [2.45, 2.75) is 38.4 Å². The second kappa shape index (κ2) is 5.65. The molecule has 1 atom stereocenters. The maximum absolute atomic E-state index is 5.95. The molecule has 0 radical (unpaired) electrons. The van der Waals surface area contributed by atoms with Crippen molar-refractivity contribution in [3.05, 3.63) is 0 Å². The largest absolute Gasteiger partial charge is 0.381 e. The molecule has 2 saturated heterocycles. The minimum absolute atomic E-state index is 0.0621. The van der Waals surface area contributed by atoms with Crippen molar-refractivity contribution in [2.24, 2.45) is 11.7 Å². The first-order valence-corrected chi connectivity index (χ1v) is 6.77. The number of hydrogen-bond donors (Lipinski definition) is 1. The van der Waals surface area contributed by atoms with Gasteiger partial charge in [-0.25, -0.2) is 0 Å². The first kappa shape index (κ1) is 13.3. The van der Waals surface area contributed by atoms with Crippen LogP contribution in [0.3, 0.4) is 0 Å². The third-order valence-electron chi connectivity index (χ3n) is 3.67. The first-order chi connectivity index (χ1) is 8.09. The summed E-state index contributed by atoms with van der Waals surface area (Å²) in [6, 6.07) is 0. The van der Waals surface area contributed by atoms with Crippen LogP contribution in [0.1, 0.15) is 26.7 Å². The summed E-state index contributed by atoms with van der Waals surface area (Å²) >= 11 is 0. The van der Waals surface area contributed by atoms with Gasteiger partial charge in [0.05, 0.1) is 11.7 Å². The zero-order valence-electron chi connectivity index (χ0n) is 11.2. The Bertz CT molecular complexity index is 240. The van der Waals surface area contributed by atoms with Crippen LogP contribution in [0.4, 0.5) is 0 Å². The molecule has 0 aliphatic carbocycles. The van der Waals surface area contributed by atoms with Crippen LogP contribution in [0.15, 0.2) is 0 Å². The molecule has 0 aromatic rings. The molecule has 2 N–H and O–H groups in total. The molecule has 4 heteroatoms. The van der Waals surface area contributed by atoms with Crippen LogP contribution in [0, 0.1) is 5.92 Å². The quantitative estimate of drug-likeness (QED) is 0.797. The highest BCUT2D eigenvalue weighted by Gasteiger charge is 2.33. The van der Waals surface area contributed by atoms with Gasteiger partial charge in [0.2, 0.25) is 0 Å². The Morgan fingerprint density at radius 1 is 1.29 bits per heavy atom. The topological polar surface area (TPSA) is 47.7 Å². The number of nitrogens with zero attached hydrogens (tertiary/aromatic N) is 1. The predicted molar refractivity (Wildman–Crippen MR) is 68.0 cm³/mol. The van der Waals surface area contributed by atoms with E-state index in [0.29, 0.717) is 6.54 Å². The Morgan fingerprint density at radius 3 is 2.65 bits per heavy atom. The summed E-state index contributed by atoms with van der Waals surface area (Å²) < 4.78 is 11.4. The third-order valence-corrected chi connectivity index (χ3v) is 3.67. The van der Waals surface area contributed by atoms with Crippen LogP contribution < -0.4 is 5.73 Å². The Balaban J connectivity index is 1.86. The van der Waals surface area contributed by atoms with Gasteiger partial charge in [-0.2, -0.15) is 0 Å². The van der Waals surface area contributed by atoms with Crippen LogP contribution in [-0.2, 0) is 9.47 Å². The van der Waals surface area contributed by atoms with Crippen molar-refractivity contribution in [2.75, 3.05) is 39.4 Å². The smallest absolute Gasteiger partial charge is 0.0831 e. The molecule has 2 aliphatic heterocycles. The van der Waals surface area contributed by atoms with E-state index in [2.05, 4.69) is 18.7 Å². The van der Waals surface area contributed by atoms with E-state index in [1.165, 1.54) is 19.4 Å². The monoisotopic (exact) mass is 242 g/mol. The lowest BCUT2D eigenvalue weighted by atomic mass is 9.97. The molecule has 0 aromatic carbocycles. The van der Waals surface area contributed by atoms with Crippen molar-refractivity contribution in [3.63, 3.8) is 0 Å². The fourth-order valence-electron chi connectivity index (χ4n) is 2.97. The Hall–Kier alpha value is -0.160. The minimum atomic E-state index is -0.0621. The molecule has 0 spiro atoms. The highest BCUT2D eigenvalue weighted by atomic mass is 16.5. The summed E-state index contributed by atoms with van der Waals surface area (Å²) in [5.41, 5.74) is 5.69. The molecule has 100 valence electrons. The summed E-state index contributed by atoms with van der Waals surface area (Å²) in [4.78, 5) is 2.52. The van der Waals surface area contributed by atoms with E-state index >= 15 is 0 Å². The number of ether oxygens (including phenoxy) is 2. The third kappa shape index (κ3) is 3.91. The van der Waals surface area contributed by atoms with Crippen LogP contribution in [0.2, 0.25) is 0 Å². The van der Waals surface area contributed by atoms with E-state index in [-0.39, 0.29) is 11.7 Å². The SMILES string of the molecule is CC1(C)CN(CC2CCOCC2)CC(CN)O1. The highest BCUT2D eigenvalue weighted by molar-refractivity contribution is 4.85. The molecule has 2 fully saturated rings. The van der Waals surface area contributed by atoms with Gasteiger partial charge in [0, 0.05) is 39.4 Å². The minimum Gasteiger partial charge on any atom is -0.381 e. The van der Waals surface area contributed by atoms with Crippen molar-refractivity contribution in [1.29, 1.82) is 0 Å². The van der Waals surface area contributed by atoms with Gasteiger partial charge in [-0.1, -0.05) is 0 Å². The van der Waals surface area contributed by atoms with Crippen molar-refractivity contribution < 1.29 is 9.47 Å². The lowest BCUT2D eigenvalue weighted by Crippen LogP contribution is -2.55. The zero-order valence-corrected chi connectivity index (χ0v) is 11.2. The molecule has 1 unspecified atom stereocenters. The predicted octanol–water partition coefficient (Wildman–Crippen LogP) is 0.851. The van der Waals surface area contributed by atoms with Crippen molar-refractivity contribution in [3.8, 4) is 0 Å². The fraction of sp³-hybridized carbons (Fsp3) is 1.00. The summed E-state index contributed by atoms with van der Waals surface area (Å²) in [6.07, 6.45) is 2.59. The summed E-state index contributed by atoms with van der Waals surface area (Å²) in [7, 11) is 0. The Labute approximate surface area is 104 Å². The maximum atomic E-state index is 5.95. The number of rotatable bonds is 3. The average molecular weight is 242 g/mol. The normalized spacial score (nSPS) is 31.6. The molecular weight excluding hydrogens is 216 g/mol.